The van der Waals surface area contributed by atoms with Gasteiger partial charge in [-0.05, 0) is 80.8 Å². The number of carbonyl (C=O) groups excluding carboxylic acids is 2. The molecule has 0 bridgehead atoms. The molecule has 1 amide bonds. The number of nitrogens with one attached hydrogen (secondary N) is 1. The number of thiophene rings is 1. The molecule has 1 N–H and O–H groups in total. The Morgan fingerprint density at radius 1 is 1.13 bits per heavy atom. The van der Waals surface area contributed by atoms with Gasteiger partial charge in [-0.15, -0.1) is 11.3 Å². The predicted molar refractivity (Wildman–Crippen MR) is 128 cm³/mol. The van der Waals surface area contributed by atoms with Crippen molar-refractivity contribution in [1.82, 2.24) is 4.98 Å². The van der Waals surface area contributed by atoms with Crippen LogP contribution in [0.5, 0.6) is 0 Å². The first-order valence-corrected chi connectivity index (χ1v) is 12.2. The van der Waals surface area contributed by atoms with Gasteiger partial charge in [0.2, 0.25) is 5.91 Å². The number of amides is 1. The van der Waals surface area contributed by atoms with Crippen LogP contribution in [0.1, 0.15) is 50.3 Å². The summed E-state index contributed by atoms with van der Waals surface area (Å²) in [5.41, 5.74) is 5.96. The molecule has 0 spiro atoms. The normalized spacial score (nSPS) is 13.2. The van der Waals surface area contributed by atoms with Crippen molar-refractivity contribution in [2.45, 2.75) is 51.5 Å². The summed E-state index contributed by atoms with van der Waals surface area (Å²) in [6.07, 6.45) is 3.99. The Bertz CT molecular complexity index is 1180. The Kier molecular flexibility index (Phi) is 6.34. The van der Waals surface area contributed by atoms with Gasteiger partial charge in [-0.2, -0.15) is 0 Å². The standard InChI is InChI=1S/C24H26N2O3S2/c1-13-9-14(2)17-11-15(3)22(25-18(17)10-13)30-12-20(27)26-23-21(24(28)29-4)16-7-5-6-8-19(16)31-23/h9-11H,5-8,12H2,1-4H3,(H,26,27). The number of rotatable bonds is 5. The Hall–Kier alpha value is -2.38. The lowest BCUT2D eigenvalue weighted by atomic mass is 9.95. The van der Waals surface area contributed by atoms with E-state index in [1.807, 2.05) is 6.92 Å². The maximum absolute atomic E-state index is 12.7. The highest BCUT2D eigenvalue weighted by atomic mass is 32.2. The minimum Gasteiger partial charge on any atom is -0.465 e. The number of hydrogen-bond acceptors (Lipinski definition) is 6. The van der Waals surface area contributed by atoms with Gasteiger partial charge in [0.15, 0.2) is 0 Å². The molecule has 0 saturated heterocycles. The monoisotopic (exact) mass is 454 g/mol. The van der Waals surface area contributed by atoms with Crippen molar-refractivity contribution >= 4 is 50.9 Å². The first kappa shape index (κ1) is 21.8. The molecule has 1 aliphatic rings. The van der Waals surface area contributed by atoms with E-state index in [0.29, 0.717) is 10.6 Å². The quantitative estimate of drug-likeness (QED) is 0.400. The number of benzene rings is 1. The van der Waals surface area contributed by atoms with E-state index >= 15 is 0 Å². The highest BCUT2D eigenvalue weighted by Gasteiger charge is 2.27. The van der Waals surface area contributed by atoms with E-state index in [0.717, 1.165) is 52.7 Å². The smallest absolute Gasteiger partial charge is 0.341 e. The molecule has 0 fully saturated rings. The molecule has 5 nitrogen and oxygen atoms in total. The molecular weight excluding hydrogens is 428 g/mol. The number of esters is 1. The molecule has 3 aromatic rings. The van der Waals surface area contributed by atoms with Crippen LogP contribution in [0.3, 0.4) is 0 Å². The third-order valence-corrected chi connectivity index (χ3v) is 7.88. The maximum atomic E-state index is 12.7. The molecule has 1 aromatic carbocycles. The molecule has 4 rings (SSSR count). The van der Waals surface area contributed by atoms with Crippen LogP contribution in [0.15, 0.2) is 23.2 Å². The third kappa shape index (κ3) is 4.48. The van der Waals surface area contributed by atoms with Crippen molar-refractivity contribution in [1.29, 1.82) is 0 Å². The van der Waals surface area contributed by atoms with Gasteiger partial charge >= 0.3 is 5.97 Å². The number of anilines is 1. The molecule has 7 heteroatoms. The largest absolute Gasteiger partial charge is 0.465 e. The fraction of sp³-hybridized carbons (Fsp3) is 0.375. The second-order valence-electron chi connectivity index (χ2n) is 8.00. The molecular formula is C24H26N2O3S2. The molecule has 0 atom stereocenters. The second kappa shape index (κ2) is 9.01. The van der Waals surface area contributed by atoms with E-state index in [-0.39, 0.29) is 17.6 Å². The highest BCUT2D eigenvalue weighted by molar-refractivity contribution is 8.00. The van der Waals surface area contributed by atoms with Crippen LogP contribution < -0.4 is 5.32 Å². The van der Waals surface area contributed by atoms with Crippen molar-refractivity contribution in [3.8, 4) is 0 Å². The number of thioether (sulfide) groups is 1. The fourth-order valence-corrected chi connectivity index (χ4v) is 6.21. The topological polar surface area (TPSA) is 68.3 Å². The van der Waals surface area contributed by atoms with Crippen LogP contribution >= 0.6 is 23.1 Å². The number of aromatic nitrogens is 1. The Morgan fingerprint density at radius 2 is 1.90 bits per heavy atom. The lowest BCUT2D eigenvalue weighted by Crippen LogP contribution is -2.16. The van der Waals surface area contributed by atoms with Gasteiger partial charge in [0.05, 0.1) is 23.9 Å². The first-order chi connectivity index (χ1) is 14.9. The fourth-order valence-electron chi connectivity index (χ4n) is 4.13. The molecule has 2 aromatic heterocycles. The average molecular weight is 455 g/mol. The number of carbonyl (C=O) groups is 2. The minimum absolute atomic E-state index is 0.143. The summed E-state index contributed by atoms with van der Waals surface area (Å²) in [5, 5.41) is 5.56. The van der Waals surface area contributed by atoms with E-state index < -0.39 is 0 Å². The lowest BCUT2D eigenvalue weighted by Gasteiger charge is -2.12. The number of methoxy groups -OCH3 is 1. The van der Waals surface area contributed by atoms with Crippen molar-refractivity contribution in [2.75, 3.05) is 18.2 Å². The lowest BCUT2D eigenvalue weighted by molar-refractivity contribution is -0.113. The first-order valence-electron chi connectivity index (χ1n) is 10.4. The van der Waals surface area contributed by atoms with Gasteiger partial charge in [-0.25, -0.2) is 9.78 Å². The van der Waals surface area contributed by atoms with Crippen LogP contribution in [-0.4, -0.2) is 29.7 Å². The van der Waals surface area contributed by atoms with Gasteiger partial charge in [-0.1, -0.05) is 17.8 Å². The van der Waals surface area contributed by atoms with E-state index in [2.05, 4.69) is 37.4 Å². The zero-order valence-electron chi connectivity index (χ0n) is 18.3. The van der Waals surface area contributed by atoms with Crippen LogP contribution in [0.2, 0.25) is 0 Å². The zero-order valence-corrected chi connectivity index (χ0v) is 19.9. The SMILES string of the molecule is COC(=O)c1c(NC(=O)CSc2nc3cc(C)cc(C)c3cc2C)sc2c1CCCC2. The van der Waals surface area contributed by atoms with E-state index in [4.69, 9.17) is 9.72 Å². The molecule has 0 saturated carbocycles. The van der Waals surface area contributed by atoms with Crippen molar-refractivity contribution < 1.29 is 14.3 Å². The summed E-state index contributed by atoms with van der Waals surface area (Å²) < 4.78 is 4.99. The van der Waals surface area contributed by atoms with E-state index in [1.165, 1.54) is 46.2 Å². The summed E-state index contributed by atoms with van der Waals surface area (Å²) in [4.78, 5) is 31.1. The Labute approximate surface area is 190 Å². The molecule has 0 aliphatic heterocycles. The summed E-state index contributed by atoms with van der Waals surface area (Å²) in [5.74, 6) is -0.288. The highest BCUT2D eigenvalue weighted by Crippen LogP contribution is 2.38. The Balaban J connectivity index is 1.52. The molecule has 2 heterocycles. The van der Waals surface area contributed by atoms with Crippen LogP contribution in [-0.2, 0) is 22.4 Å². The zero-order chi connectivity index (χ0) is 22.1. The summed E-state index contributed by atoms with van der Waals surface area (Å²) in [7, 11) is 1.38. The van der Waals surface area contributed by atoms with Crippen molar-refractivity contribution in [3.63, 3.8) is 0 Å². The molecule has 0 radical (unpaired) electrons. The Morgan fingerprint density at radius 3 is 2.68 bits per heavy atom. The van der Waals surface area contributed by atoms with Crippen molar-refractivity contribution in [2.24, 2.45) is 0 Å². The van der Waals surface area contributed by atoms with Gasteiger partial charge in [0.1, 0.15) is 10.0 Å². The number of ether oxygens (including phenoxy) is 1. The number of aryl methyl sites for hydroxylation is 4. The van der Waals surface area contributed by atoms with Gasteiger partial charge in [0, 0.05) is 10.3 Å². The predicted octanol–water partition coefficient (Wildman–Crippen LogP) is 5.62. The van der Waals surface area contributed by atoms with Crippen molar-refractivity contribution in [3.05, 3.63) is 50.9 Å². The summed E-state index contributed by atoms with van der Waals surface area (Å²) in [6, 6.07) is 6.37. The number of pyridine rings is 1. The number of hydrogen-bond donors (Lipinski definition) is 1. The van der Waals surface area contributed by atoms with Gasteiger partial charge in [0.25, 0.3) is 0 Å². The maximum Gasteiger partial charge on any atom is 0.341 e. The van der Waals surface area contributed by atoms with E-state index in [9.17, 15) is 9.59 Å². The van der Waals surface area contributed by atoms with Gasteiger partial charge < -0.3 is 10.1 Å². The second-order valence-corrected chi connectivity index (χ2v) is 10.1. The summed E-state index contributed by atoms with van der Waals surface area (Å²) >= 11 is 2.93. The minimum atomic E-state index is -0.375. The van der Waals surface area contributed by atoms with Crippen LogP contribution in [0.4, 0.5) is 5.00 Å². The molecule has 1 aliphatic carbocycles. The molecule has 31 heavy (non-hydrogen) atoms. The van der Waals surface area contributed by atoms with Crippen LogP contribution in [0, 0.1) is 20.8 Å². The van der Waals surface area contributed by atoms with Gasteiger partial charge in [-0.3, -0.25) is 4.79 Å². The molecule has 162 valence electrons. The third-order valence-electron chi connectivity index (χ3n) is 5.58. The number of nitrogens with zero attached hydrogens (tertiary/aromatic N) is 1. The molecule has 0 unspecified atom stereocenters. The van der Waals surface area contributed by atoms with Crippen LogP contribution in [0.25, 0.3) is 10.9 Å². The van der Waals surface area contributed by atoms with E-state index in [1.54, 1.807) is 0 Å². The summed E-state index contributed by atoms with van der Waals surface area (Å²) in [6.45, 7) is 6.18. The average Bonchev–Trinajstić information content (AvgIpc) is 3.10. The number of fused-ring (bicyclic) bond motifs is 2.